The summed E-state index contributed by atoms with van der Waals surface area (Å²) < 4.78 is 32.6. The van der Waals surface area contributed by atoms with Gasteiger partial charge in [0.2, 0.25) is 10.0 Å². The highest BCUT2D eigenvalue weighted by Crippen LogP contribution is 2.28. The second-order valence-corrected chi connectivity index (χ2v) is 8.49. The maximum absolute atomic E-state index is 12.3. The molecule has 24 heavy (non-hydrogen) atoms. The standard InChI is InChI=1S/C15H23N3O5S/c1-15(2,3)17-24(21,22)12-6-7-13(14(9-12)18(19)20)16-10-11-5-4-8-23-11/h6-7,9,11,16-17H,4-5,8,10H2,1-3H3/t11-/m0/s1. The Morgan fingerprint density at radius 1 is 1.38 bits per heavy atom. The monoisotopic (exact) mass is 357 g/mol. The van der Waals surface area contributed by atoms with E-state index >= 15 is 0 Å². The molecule has 1 aromatic carbocycles. The number of rotatable bonds is 6. The first-order valence-electron chi connectivity index (χ1n) is 7.76. The largest absolute Gasteiger partial charge is 0.377 e. The molecule has 2 rings (SSSR count). The van der Waals surface area contributed by atoms with Gasteiger partial charge in [0, 0.05) is 24.8 Å². The van der Waals surface area contributed by atoms with E-state index in [-0.39, 0.29) is 22.4 Å². The van der Waals surface area contributed by atoms with Crippen LogP contribution in [0.5, 0.6) is 0 Å². The van der Waals surface area contributed by atoms with Crippen LogP contribution >= 0.6 is 0 Å². The van der Waals surface area contributed by atoms with E-state index in [0.717, 1.165) is 18.9 Å². The average Bonchev–Trinajstić information content (AvgIpc) is 2.95. The Kier molecular flexibility index (Phi) is 5.46. The number of nitro benzene ring substituents is 1. The molecule has 1 atom stereocenters. The molecule has 0 saturated carbocycles. The van der Waals surface area contributed by atoms with Gasteiger partial charge in [0.1, 0.15) is 5.69 Å². The van der Waals surface area contributed by atoms with Gasteiger partial charge in [0.15, 0.2) is 0 Å². The van der Waals surface area contributed by atoms with Crippen molar-refractivity contribution < 1.29 is 18.1 Å². The number of anilines is 1. The van der Waals surface area contributed by atoms with Crippen LogP contribution in [0.25, 0.3) is 0 Å². The highest BCUT2D eigenvalue weighted by Gasteiger charge is 2.26. The summed E-state index contributed by atoms with van der Waals surface area (Å²) in [6.07, 6.45) is 1.91. The molecule has 1 aromatic rings. The maximum Gasteiger partial charge on any atom is 0.293 e. The van der Waals surface area contributed by atoms with E-state index in [4.69, 9.17) is 4.74 Å². The van der Waals surface area contributed by atoms with Crippen molar-refractivity contribution >= 4 is 21.4 Å². The number of nitrogens with zero attached hydrogens (tertiary/aromatic N) is 1. The van der Waals surface area contributed by atoms with Crippen molar-refractivity contribution in [2.24, 2.45) is 0 Å². The summed E-state index contributed by atoms with van der Waals surface area (Å²) in [5, 5.41) is 14.3. The molecule has 8 nitrogen and oxygen atoms in total. The molecule has 0 unspecified atom stereocenters. The van der Waals surface area contributed by atoms with E-state index in [1.807, 2.05) is 0 Å². The van der Waals surface area contributed by atoms with Crippen LogP contribution in [0.4, 0.5) is 11.4 Å². The quantitative estimate of drug-likeness (QED) is 0.597. The molecule has 134 valence electrons. The zero-order valence-corrected chi connectivity index (χ0v) is 14.9. The van der Waals surface area contributed by atoms with Crippen LogP contribution in [-0.2, 0) is 14.8 Å². The fraction of sp³-hybridized carbons (Fsp3) is 0.600. The third-order valence-electron chi connectivity index (χ3n) is 3.46. The predicted octanol–water partition coefficient (Wildman–Crippen LogP) is 2.26. The zero-order valence-electron chi connectivity index (χ0n) is 14.0. The zero-order chi connectivity index (χ0) is 18.0. The third kappa shape index (κ3) is 4.89. The smallest absolute Gasteiger partial charge is 0.293 e. The maximum atomic E-state index is 12.3. The molecule has 1 saturated heterocycles. The lowest BCUT2D eigenvalue weighted by molar-refractivity contribution is -0.384. The van der Waals surface area contributed by atoms with E-state index in [0.29, 0.717) is 13.2 Å². The SMILES string of the molecule is CC(C)(C)NS(=O)(=O)c1ccc(NC[C@@H]2CCCO2)c([N+](=O)[O-])c1. The fourth-order valence-corrected chi connectivity index (χ4v) is 3.91. The topological polar surface area (TPSA) is 111 Å². The predicted molar refractivity (Wildman–Crippen MR) is 90.6 cm³/mol. The van der Waals surface area contributed by atoms with E-state index in [2.05, 4.69) is 10.0 Å². The van der Waals surface area contributed by atoms with E-state index in [1.54, 1.807) is 20.8 Å². The molecule has 2 N–H and O–H groups in total. The second kappa shape index (κ2) is 7.04. The molecule has 1 aliphatic rings. The van der Waals surface area contributed by atoms with Crippen LogP contribution in [0.1, 0.15) is 33.6 Å². The summed E-state index contributed by atoms with van der Waals surface area (Å²) >= 11 is 0. The van der Waals surface area contributed by atoms with Crippen molar-refractivity contribution in [2.75, 3.05) is 18.5 Å². The summed E-state index contributed by atoms with van der Waals surface area (Å²) in [5.41, 5.74) is -0.667. The molecular weight excluding hydrogens is 334 g/mol. The number of hydrogen-bond donors (Lipinski definition) is 2. The first kappa shape index (κ1) is 18.6. The van der Waals surface area contributed by atoms with E-state index < -0.39 is 20.5 Å². The molecular formula is C15H23N3O5S. The van der Waals surface area contributed by atoms with Crippen molar-refractivity contribution in [2.45, 2.75) is 50.2 Å². The molecule has 0 spiro atoms. The van der Waals surface area contributed by atoms with Crippen LogP contribution < -0.4 is 10.0 Å². The highest BCUT2D eigenvalue weighted by molar-refractivity contribution is 7.89. The highest BCUT2D eigenvalue weighted by atomic mass is 32.2. The van der Waals surface area contributed by atoms with Crippen molar-refractivity contribution in [3.63, 3.8) is 0 Å². The molecule has 0 aromatic heterocycles. The molecule has 0 bridgehead atoms. The minimum atomic E-state index is -3.83. The molecule has 9 heteroatoms. The van der Waals surface area contributed by atoms with Crippen molar-refractivity contribution in [3.05, 3.63) is 28.3 Å². The van der Waals surface area contributed by atoms with Gasteiger partial charge in [-0.1, -0.05) is 0 Å². The number of nitro groups is 1. The average molecular weight is 357 g/mol. The van der Waals surface area contributed by atoms with Gasteiger partial charge < -0.3 is 10.1 Å². The van der Waals surface area contributed by atoms with Gasteiger partial charge in [0.05, 0.1) is 15.9 Å². The second-order valence-electron chi connectivity index (χ2n) is 6.81. The van der Waals surface area contributed by atoms with Crippen molar-refractivity contribution in [1.82, 2.24) is 4.72 Å². The molecule has 1 aliphatic heterocycles. The number of nitrogens with one attached hydrogen (secondary N) is 2. The van der Waals surface area contributed by atoms with Crippen LogP contribution in [0, 0.1) is 10.1 Å². The Hall–Kier alpha value is -1.71. The first-order chi connectivity index (χ1) is 11.1. The summed E-state index contributed by atoms with van der Waals surface area (Å²) in [6.45, 7) is 6.26. The van der Waals surface area contributed by atoms with Crippen LogP contribution in [0.15, 0.2) is 23.1 Å². The Morgan fingerprint density at radius 2 is 2.08 bits per heavy atom. The van der Waals surface area contributed by atoms with E-state index in [1.165, 1.54) is 12.1 Å². The minimum Gasteiger partial charge on any atom is -0.377 e. The summed E-state index contributed by atoms with van der Waals surface area (Å²) in [7, 11) is -3.83. The van der Waals surface area contributed by atoms with Gasteiger partial charge in [-0.05, 0) is 45.7 Å². The Labute approximate surface area is 141 Å². The molecule has 1 heterocycles. The lowest BCUT2D eigenvalue weighted by Crippen LogP contribution is -2.40. The van der Waals surface area contributed by atoms with Gasteiger partial charge in [-0.2, -0.15) is 0 Å². The molecule has 1 fully saturated rings. The molecule has 0 amide bonds. The minimum absolute atomic E-state index is 0.0237. The van der Waals surface area contributed by atoms with Crippen LogP contribution in [0.2, 0.25) is 0 Å². The Bertz CT molecular complexity index is 706. The van der Waals surface area contributed by atoms with Gasteiger partial charge in [0.25, 0.3) is 5.69 Å². The van der Waals surface area contributed by atoms with Gasteiger partial charge in [-0.25, -0.2) is 13.1 Å². The number of benzene rings is 1. The number of hydrogen-bond acceptors (Lipinski definition) is 6. The summed E-state index contributed by atoms with van der Waals surface area (Å²) in [4.78, 5) is 10.6. The summed E-state index contributed by atoms with van der Waals surface area (Å²) in [6, 6.07) is 3.86. The van der Waals surface area contributed by atoms with Crippen LogP contribution in [-0.4, -0.2) is 38.1 Å². The van der Waals surface area contributed by atoms with Crippen LogP contribution in [0.3, 0.4) is 0 Å². The molecule has 0 aliphatic carbocycles. The number of sulfonamides is 1. The first-order valence-corrected chi connectivity index (χ1v) is 9.25. The lowest BCUT2D eigenvalue weighted by Gasteiger charge is -2.20. The number of ether oxygens (including phenoxy) is 1. The Morgan fingerprint density at radius 3 is 2.62 bits per heavy atom. The fourth-order valence-electron chi connectivity index (χ4n) is 2.47. The normalized spacial score (nSPS) is 18.5. The van der Waals surface area contributed by atoms with E-state index in [9.17, 15) is 18.5 Å². The third-order valence-corrected chi connectivity index (χ3v) is 5.22. The lowest BCUT2D eigenvalue weighted by atomic mass is 10.1. The van der Waals surface area contributed by atoms with Crippen molar-refractivity contribution in [1.29, 1.82) is 0 Å². The summed E-state index contributed by atoms with van der Waals surface area (Å²) in [5.74, 6) is 0. The van der Waals surface area contributed by atoms with Gasteiger partial charge in [-0.15, -0.1) is 0 Å². The van der Waals surface area contributed by atoms with Crippen molar-refractivity contribution in [3.8, 4) is 0 Å². The van der Waals surface area contributed by atoms with Gasteiger partial charge in [-0.3, -0.25) is 10.1 Å². The Balaban J connectivity index is 2.24. The van der Waals surface area contributed by atoms with Gasteiger partial charge >= 0.3 is 0 Å². The molecule has 0 radical (unpaired) electrons.